The average Bonchev–Trinajstić information content (AvgIpc) is 3.27. The van der Waals surface area contributed by atoms with Crippen molar-refractivity contribution in [2.45, 2.75) is 45.2 Å². The van der Waals surface area contributed by atoms with Gasteiger partial charge in [0.25, 0.3) is 11.2 Å². The van der Waals surface area contributed by atoms with Crippen molar-refractivity contribution in [2.24, 2.45) is 17.8 Å². The monoisotopic (exact) mass is 370 g/mol. The van der Waals surface area contributed by atoms with Crippen LogP contribution < -0.4 is 10.9 Å². The molecular formula is C19H22N4O4. The lowest BCUT2D eigenvalue weighted by Crippen LogP contribution is -2.42. The number of benzene rings is 1. The van der Waals surface area contributed by atoms with Crippen LogP contribution >= 0.6 is 0 Å². The molecule has 142 valence electrons. The van der Waals surface area contributed by atoms with Crippen LogP contribution in [0, 0.1) is 27.9 Å². The fourth-order valence-corrected chi connectivity index (χ4v) is 4.84. The van der Waals surface area contributed by atoms with Crippen LogP contribution in [0.25, 0.3) is 10.9 Å². The third kappa shape index (κ3) is 3.31. The Labute approximate surface area is 155 Å². The molecule has 4 atom stereocenters. The van der Waals surface area contributed by atoms with Gasteiger partial charge in [-0.1, -0.05) is 6.42 Å². The third-order valence-corrected chi connectivity index (χ3v) is 6.16. The molecule has 8 heteroatoms. The van der Waals surface area contributed by atoms with E-state index in [1.807, 2.05) is 6.92 Å². The van der Waals surface area contributed by atoms with E-state index in [0.29, 0.717) is 17.4 Å². The molecule has 1 aromatic carbocycles. The fraction of sp³-hybridized carbons (Fsp3) is 0.526. The first-order chi connectivity index (χ1) is 12.9. The Balaban J connectivity index is 1.49. The number of nitrogens with one attached hydrogen (secondary N) is 1. The highest BCUT2D eigenvalue weighted by Gasteiger charge is 2.42. The predicted octanol–water partition coefficient (Wildman–Crippen LogP) is 2.25. The van der Waals surface area contributed by atoms with Crippen molar-refractivity contribution in [3.05, 3.63) is 45.0 Å². The molecular weight excluding hydrogens is 348 g/mol. The Morgan fingerprint density at radius 3 is 2.89 bits per heavy atom. The molecule has 2 aliphatic carbocycles. The van der Waals surface area contributed by atoms with Crippen molar-refractivity contribution >= 4 is 22.5 Å². The Hall–Kier alpha value is -2.77. The summed E-state index contributed by atoms with van der Waals surface area (Å²) in [6, 6.07) is 4.04. The van der Waals surface area contributed by atoms with E-state index in [1.165, 1.54) is 54.8 Å². The number of rotatable bonds is 5. The summed E-state index contributed by atoms with van der Waals surface area (Å²) in [6.45, 7) is 1.89. The summed E-state index contributed by atoms with van der Waals surface area (Å²) in [5, 5.41) is 14.1. The molecule has 0 unspecified atom stereocenters. The molecule has 1 N–H and O–H groups in total. The first-order valence-electron chi connectivity index (χ1n) is 9.35. The number of hydrogen-bond donors (Lipinski definition) is 1. The van der Waals surface area contributed by atoms with Crippen LogP contribution in [0.5, 0.6) is 0 Å². The summed E-state index contributed by atoms with van der Waals surface area (Å²) in [6.07, 6.45) is 6.33. The number of hydrogen-bond acceptors (Lipinski definition) is 5. The summed E-state index contributed by atoms with van der Waals surface area (Å²) >= 11 is 0. The number of nitro groups is 1. The van der Waals surface area contributed by atoms with Crippen molar-refractivity contribution in [1.82, 2.24) is 14.9 Å². The molecule has 2 aromatic rings. The highest BCUT2D eigenvalue weighted by atomic mass is 16.6. The van der Waals surface area contributed by atoms with E-state index in [0.717, 1.165) is 5.92 Å². The zero-order valence-electron chi connectivity index (χ0n) is 15.1. The topological polar surface area (TPSA) is 107 Å². The van der Waals surface area contributed by atoms with E-state index in [2.05, 4.69) is 10.3 Å². The van der Waals surface area contributed by atoms with Gasteiger partial charge in [0, 0.05) is 18.2 Å². The SMILES string of the molecule is C[C@@H](NC(=O)Cn1cnc2ccc([N+](=O)[O-])cc2c1=O)[C@@H]1C[C@H]2CC[C@H]1C2. The molecule has 27 heavy (non-hydrogen) atoms. The number of amides is 1. The van der Waals surface area contributed by atoms with E-state index in [4.69, 9.17) is 0 Å². The van der Waals surface area contributed by atoms with E-state index in [9.17, 15) is 19.7 Å². The molecule has 0 radical (unpaired) electrons. The van der Waals surface area contributed by atoms with E-state index in [1.54, 1.807) is 0 Å². The Morgan fingerprint density at radius 1 is 1.41 bits per heavy atom. The number of carbonyl (C=O) groups is 1. The third-order valence-electron chi connectivity index (χ3n) is 6.16. The van der Waals surface area contributed by atoms with Gasteiger partial charge in [0.15, 0.2) is 0 Å². The van der Waals surface area contributed by atoms with Gasteiger partial charge in [-0.25, -0.2) is 4.98 Å². The van der Waals surface area contributed by atoms with E-state index >= 15 is 0 Å². The number of nitro benzene ring substituents is 1. The van der Waals surface area contributed by atoms with Crippen molar-refractivity contribution in [1.29, 1.82) is 0 Å². The number of non-ortho nitro benzene ring substituents is 1. The molecule has 4 rings (SSSR count). The molecule has 0 aliphatic heterocycles. The number of nitrogens with zero attached hydrogens (tertiary/aromatic N) is 3. The van der Waals surface area contributed by atoms with E-state index < -0.39 is 10.5 Å². The first kappa shape index (κ1) is 17.6. The smallest absolute Gasteiger partial charge is 0.270 e. The lowest BCUT2D eigenvalue weighted by molar-refractivity contribution is -0.384. The van der Waals surface area contributed by atoms with Crippen LogP contribution in [0.15, 0.2) is 29.3 Å². The minimum Gasteiger partial charge on any atom is -0.352 e. The van der Waals surface area contributed by atoms with Crippen LogP contribution in [-0.2, 0) is 11.3 Å². The minimum atomic E-state index is -0.556. The van der Waals surface area contributed by atoms with Crippen molar-refractivity contribution in [3.63, 3.8) is 0 Å². The molecule has 1 amide bonds. The Kier molecular flexibility index (Phi) is 4.41. The summed E-state index contributed by atoms with van der Waals surface area (Å²) in [5.74, 6) is 1.79. The molecule has 1 heterocycles. The van der Waals surface area contributed by atoms with Crippen LogP contribution in [-0.4, -0.2) is 26.4 Å². The summed E-state index contributed by atoms with van der Waals surface area (Å²) in [5.41, 5.74) is -0.252. The molecule has 2 bridgehead atoms. The van der Waals surface area contributed by atoms with Gasteiger partial charge in [-0.2, -0.15) is 0 Å². The van der Waals surface area contributed by atoms with Crippen molar-refractivity contribution in [2.75, 3.05) is 0 Å². The van der Waals surface area contributed by atoms with Gasteiger partial charge in [-0.3, -0.25) is 24.3 Å². The average molecular weight is 370 g/mol. The van der Waals surface area contributed by atoms with E-state index in [-0.39, 0.29) is 29.6 Å². The predicted molar refractivity (Wildman–Crippen MR) is 99.2 cm³/mol. The Bertz CT molecular complexity index is 970. The minimum absolute atomic E-state index is 0.0815. The maximum Gasteiger partial charge on any atom is 0.270 e. The van der Waals surface area contributed by atoms with Crippen LogP contribution in [0.3, 0.4) is 0 Å². The van der Waals surface area contributed by atoms with Crippen molar-refractivity contribution < 1.29 is 9.72 Å². The van der Waals surface area contributed by atoms with Gasteiger partial charge in [0.1, 0.15) is 6.54 Å². The molecule has 1 aromatic heterocycles. The first-order valence-corrected chi connectivity index (χ1v) is 9.35. The second-order valence-corrected chi connectivity index (χ2v) is 7.83. The molecule has 2 aliphatic rings. The molecule has 0 spiro atoms. The number of fused-ring (bicyclic) bond motifs is 3. The summed E-state index contributed by atoms with van der Waals surface area (Å²) in [7, 11) is 0. The molecule has 2 fully saturated rings. The maximum absolute atomic E-state index is 12.6. The molecule has 0 saturated heterocycles. The standard InChI is InChI=1S/C19H22N4O4/c1-11(15-7-12-2-3-13(15)6-12)21-18(24)9-22-10-20-17-5-4-14(23(26)27)8-16(17)19(22)25/h4-5,8,10-13,15H,2-3,6-7,9H2,1H3,(H,21,24)/t11-,12+,13+,15+/m1/s1. The Morgan fingerprint density at radius 2 is 2.22 bits per heavy atom. The van der Waals surface area contributed by atoms with Gasteiger partial charge in [0.05, 0.1) is 22.2 Å². The largest absolute Gasteiger partial charge is 0.352 e. The highest BCUT2D eigenvalue weighted by molar-refractivity contribution is 5.81. The van der Waals surface area contributed by atoms with Gasteiger partial charge in [-0.05, 0) is 50.0 Å². The van der Waals surface area contributed by atoms with Crippen LogP contribution in [0.4, 0.5) is 5.69 Å². The molecule has 2 saturated carbocycles. The molecule has 8 nitrogen and oxygen atoms in total. The van der Waals surface area contributed by atoms with Gasteiger partial charge >= 0.3 is 0 Å². The zero-order valence-corrected chi connectivity index (χ0v) is 15.1. The van der Waals surface area contributed by atoms with Gasteiger partial charge in [-0.15, -0.1) is 0 Å². The van der Waals surface area contributed by atoms with Crippen molar-refractivity contribution in [3.8, 4) is 0 Å². The number of aromatic nitrogens is 2. The summed E-state index contributed by atoms with van der Waals surface area (Å²) in [4.78, 5) is 39.6. The highest BCUT2D eigenvalue weighted by Crippen LogP contribution is 2.49. The summed E-state index contributed by atoms with van der Waals surface area (Å²) < 4.78 is 1.20. The lowest BCUT2D eigenvalue weighted by Gasteiger charge is -2.28. The van der Waals surface area contributed by atoms with Crippen LogP contribution in [0.1, 0.15) is 32.6 Å². The fourth-order valence-electron chi connectivity index (χ4n) is 4.84. The van der Waals surface area contributed by atoms with Gasteiger partial charge in [0.2, 0.25) is 5.91 Å². The van der Waals surface area contributed by atoms with Gasteiger partial charge < -0.3 is 5.32 Å². The second kappa shape index (κ2) is 6.75. The normalized spacial score (nSPS) is 24.9. The number of carbonyl (C=O) groups excluding carboxylic acids is 1. The zero-order chi connectivity index (χ0) is 19.1. The lowest BCUT2D eigenvalue weighted by atomic mass is 9.84. The quantitative estimate of drug-likeness (QED) is 0.642. The maximum atomic E-state index is 12.6. The second-order valence-electron chi connectivity index (χ2n) is 7.83. The van der Waals surface area contributed by atoms with Crippen LogP contribution in [0.2, 0.25) is 0 Å².